The van der Waals surface area contributed by atoms with Gasteiger partial charge in [0, 0.05) is 38.0 Å². The standard InChI is InChI=1S/C23H19F3N6O4/c1-11(33)31(3)32(10-12-5-4-6-18-20(12)36-23(25,26)35-18)22(34)13-7-14-17(8-16(13)24)29-21(27)15-9-28-30(2)19(14)15/h4-9H,10H2,1-3H3,(H2,27,29). The molecule has 1 aliphatic heterocycles. The number of carbonyl (C=O) groups excluding carboxylic acids is 2. The molecule has 13 heteroatoms. The fourth-order valence-electron chi connectivity index (χ4n) is 4.08. The molecular formula is C23H19F3N6O4. The molecule has 2 aromatic heterocycles. The van der Waals surface area contributed by atoms with Crippen LogP contribution in [0.1, 0.15) is 22.8 Å². The number of nitrogens with zero attached hydrogens (tertiary/aromatic N) is 5. The largest absolute Gasteiger partial charge is 0.586 e. The average Bonchev–Trinajstić information content (AvgIpc) is 3.35. The molecule has 0 spiro atoms. The minimum Gasteiger partial charge on any atom is -0.395 e. The lowest BCUT2D eigenvalue weighted by atomic mass is 10.1. The first-order chi connectivity index (χ1) is 17.0. The van der Waals surface area contributed by atoms with Crippen molar-refractivity contribution in [2.24, 2.45) is 7.05 Å². The van der Waals surface area contributed by atoms with Gasteiger partial charge in [-0.05, 0) is 12.1 Å². The Hall–Kier alpha value is -4.55. The summed E-state index contributed by atoms with van der Waals surface area (Å²) in [4.78, 5) is 30.0. The number of nitrogen functional groups attached to an aromatic ring is 1. The van der Waals surface area contributed by atoms with Crippen LogP contribution in [0.3, 0.4) is 0 Å². The summed E-state index contributed by atoms with van der Waals surface area (Å²) < 4.78 is 53.1. The van der Waals surface area contributed by atoms with Gasteiger partial charge in [0.2, 0.25) is 5.91 Å². The van der Waals surface area contributed by atoms with E-state index in [0.29, 0.717) is 16.3 Å². The Morgan fingerprint density at radius 1 is 1.19 bits per heavy atom. The van der Waals surface area contributed by atoms with E-state index >= 15 is 4.39 Å². The maximum atomic E-state index is 15.2. The van der Waals surface area contributed by atoms with Gasteiger partial charge in [0.25, 0.3) is 5.91 Å². The van der Waals surface area contributed by atoms with Crippen molar-refractivity contribution >= 4 is 39.4 Å². The molecule has 0 saturated carbocycles. The zero-order chi connectivity index (χ0) is 25.9. The fourth-order valence-corrected chi connectivity index (χ4v) is 4.08. The Morgan fingerprint density at radius 2 is 1.94 bits per heavy atom. The number of aromatic nitrogens is 3. The molecule has 1 aliphatic rings. The molecular weight excluding hydrogens is 481 g/mol. The van der Waals surface area contributed by atoms with Crippen molar-refractivity contribution < 1.29 is 32.2 Å². The summed E-state index contributed by atoms with van der Waals surface area (Å²) in [5.74, 6) is -2.72. The van der Waals surface area contributed by atoms with Crippen molar-refractivity contribution in [3.05, 3.63) is 53.5 Å². The summed E-state index contributed by atoms with van der Waals surface area (Å²) in [6.07, 6.45) is -2.38. The van der Waals surface area contributed by atoms with Gasteiger partial charge in [0.15, 0.2) is 11.5 Å². The highest BCUT2D eigenvalue weighted by Gasteiger charge is 2.44. The fraction of sp³-hybridized carbons (Fsp3) is 0.217. The second-order valence-corrected chi connectivity index (χ2v) is 8.19. The molecule has 36 heavy (non-hydrogen) atoms. The number of pyridine rings is 1. The predicted octanol–water partition coefficient (Wildman–Crippen LogP) is 3.20. The number of alkyl halides is 2. The molecule has 0 atom stereocenters. The van der Waals surface area contributed by atoms with Crippen molar-refractivity contribution in [1.29, 1.82) is 0 Å². The van der Waals surface area contributed by atoms with Gasteiger partial charge < -0.3 is 15.2 Å². The first kappa shape index (κ1) is 23.2. The lowest BCUT2D eigenvalue weighted by Crippen LogP contribution is -2.46. The second-order valence-electron chi connectivity index (χ2n) is 8.19. The van der Waals surface area contributed by atoms with E-state index in [4.69, 9.17) is 5.73 Å². The minimum atomic E-state index is -3.88. The molecule has 0 radical (unpaired) electrons. The highest BCUT2D eigenvalue weighted by Crippen LogP contribution is 2.43. The topological polar surface area (TPSA) is 116 Å². The molecule has 2 amide bonds. The normalized spacial score (nSPS) is 13.8. The maximum Gasteiger partial charge on any atom is 0.586 e. The van der Waals surface area contributed by atoms with Gasteiger partial charge in [-0.15, -0.1) is 8.78 Å². The summed E-state index contributed by atoms with van der Waals surface area (Å²) in [5.41, 5.74) is 6.46. The van der Waals surface area contributed by atoms with Crippen LogP contribution in [0.5, 0.6) is 11.5 Å². The molecule has 0 unspecified atom stereocenters. The zero-order valence-corrected chi connectivity index (χ0v) is 19.3. The summed E-state index contributed by atoms with van der Waals surface area (Å²) in [7, 11) is 2.96. The van der Waals surface area contributed by atoms with Crippen LogP contribution in [0.2, 0.25) is 0 Å². The van der Waals surface area contributed by atoms with Gasteiger partial charge in [-0.25, -0.2) is 14.4 Å². The van der Waals surface area contributed by atoms with E-state index in [2.05, 4.69) is 19.6 Å². The van der Waals surface area contributed by atoms with Gasteiger partial charge >= 0.3 is 6.29 Å². The van der Waals surface area contributed by atoms with Crippen LogP contribution in [0.15, 0.2) is 36.5 Å². The van der Waals surface area contributed by atoms with Crippen LogP contribution in [-0.4, -0.2) is 49.9 Å². The van der Waals surface area contributed by atoms with Crippen molar-refractivity contribution in [1.82, 2.24) is 24.8 Å². The summed E-state index contributed by atoms with van der Waals surface area (Å²) >= 11 is 0. The number of benzene rings is 2. The predicted molar refractivity (Wildman–Crippen MR) is 121 cm³/mol. The number of aryl methyl sites for hydroxylation is 1. The molecule has 0 saturated heterocycles. The number of para-hydroxylation sites is 1. The summed E-state index contributed by atoms with van der Waals surface area (Å²) in [6, 6.07) is 6.51. The monoisotopic (exact) mass is 500 g/mol. The molecule has 3 heterocycles. The molecule has 2 aromatic carbocycles. The van der Waals surface area contributed by atoms with Crippen molar-refractivity contribution in [3.8, 4) is 11.5 Å². The minimum absolute atomic E-state index is 0.121. The van der Waals surface area contributed by atoms with Crippen LogP contribution in [0.25, 0.3) is 21.8 Å². The highest BCUT2D eigenvalue weighted by molar-refractivity contribution is 6.10. The third-order valence-corrected chi connectivity index (χ3v) is 5.91. The Bertz CT molecular complexity index is 1570. The summed E-state index contributed by atoms with van der Waals surface area (Å²) in [6.45, 7) is 0.808. The highest BCUT2D eigenvalue weighted by atomic mass is 19.3. The maximum absolute atomic E-state index is 15.2. The van der Waals surface area contributed by atoms with Gasteiger partial charge in [-0.1, -0.05) is 12.1 Å². The molecule has 10 nitrogen and oxygen atoms in total. The van der Waals surface area contributed by atoms with Crippen LogP contribution in [-0.2, 0) is 18.4 Å². The number of rotatable bonds is 3. The Kier molecular flexibility index (Phi) is 5.16. The van der Waals surface area contributed by atoms with Gasteiger partial charge in [0.1, 0.15) is 11.6 Å². The SMILES string of the molecule is CC(=O)N(C)N(Cc1cccc2c1OC(F)(F)O2)C(=O)c1cc2c(cc1F)nc(N)c1cnn(C)c12. The van der Waals surface area contributed by atoms with Crippen LogP contribution >= 0.6 is 0 Å². The Labute approximate surface area is 201 Å². The molecule has 4 aromatic rings. The third-order valence-electron chi connectivity index (χ3n) is 5.91. The van der Waals surface area contributed by atoms with Crippen LogP contribution < -0.4 is 15.2 Å². The van der Waals surface area contributed by atoms with Crippen LogP contribution in [0, 0.1) is 5.82 Å². The molecule has 186 valence electrons. The number of nitrogens with two attached hydrogens (primary N) is 1. The molecule has 5 rings (SSSR count). The third kappa shape index (κ3) is 3.68. The van der Waals surface area contributed by atoms with E-state index in [1.807, 2.05) is 0 Å². The van der Waals surface area contributed by atoms with Gasteiger partial charge in [0.05, 0.1) is 34.7 Å². The number of hydrazine groups is 1. The lowest BCUT2D eigenvalue weighted by Gasteiger charge is -2.31. The van der Waals surface area contributed by atoms with E-state index in [-0.39, 0.29) is 34.0 Å². The number of halogens is 3. The van der Waals surface area contributed by atoms with E-state index in [1.54, 1.807) is 7.05 Å². The van der Waals surface area contributed by atoms with Crippen molar-refractivity contribution in [2.45, 2.75) is 19.8 Å². The Balaban J connectivity index is 1.62. The van der Waals surface area contributed by atoms with Crippen LogP contribution in [0.4, 0.5) is 19.0 Å². The average molecular weight is 500 g/mol. The van der Waals surface area contributed by atoms with E-state index in [1.165, 1.54) is 49.1 Å². The molecule has 0 fully saturated rings. The first-order valence-corrected chi connectivity index (χ1v) is 10.6. The first-order valence-electron chi connectivity index (χ1n) is 10.6. The van der Waals surface area contributed by atoms with Crippen molar-refractivity contribution in [2.75, 3.05) is 12.8 Å². The molecule has 0 bridgehead atoms. The Morgan fingerprint density at radius 3 is 2.67 bits per heavy atom. The van der Waals surface area contributed by atoms with Gasteiger partial charge in [-0.3, -0.25) is 19.3 Å². The number of fused-ring (bicyclic) bond motifs is 4. The number of carbonyl (C=O) groups is 2. The number of anilines is 1. The molecule has 2 N–H and O–H groups in total. The molecule has 0 aliphatic carbocycles. The lowest BCUT2D eigenvalue weighted by molar-refractivity contribution is -0.287. The second kappa shape index (κ2) is 8.00. The van der Waals surface area contributed by atoms with Crippen molar-refractivity contribution in [3.63, 3.8) is 0 Å². The van der Waals surface area contributed by atoms with E-state index in [0.717, 1.165) is 16.1 Å². The number of amides is 2. The van der Waals surface area contributed by atoms with Gasteiger partial charge in [-0.2, -0.15) is 5.10 Å². The number of ether oxygens (including phenoxy) is 2. The smallest absolute Gasteiger partial charge is 0.395 e. The quantitative estimate of drug-likeness (QED) is 0.430. The van der Waals surface area contributed by atoms with E-state index in [9.17, 15) is 18.4 Å². The summed E-state index contributed by atoms with van der Waals surface area (Å²) in [5, 5.41) is 6.97. The van der Waals surface area contributed by atoms with E-state index < -0.39 is 30.5 Å². The zero-order valence-electron chi connectivity index (χ0n) is 19.3. The number of hydrogen-bond donors (Lipinski definition) is 1. The number of hydrogen-bond acceptors (Lipinski definition) is 7.